The van der Waals surface area contributed by atoms with E-state index in [2.05, 4.69) is 11.4 Å². The summed E-state index contributed by atoms with van der Waals surface area (Å²) in [4.78, 5) is 11.6. The molecule has 0 aromatic heterocycles. The lowest BCUT2D eigenvalue weighted by molar-refractivity contribution is -0.120. The quantitative estimate of drug-likeness (QED) is 0.505. The van der Waals surface area contributed by atoms with Crippen LogP contribution < -0.4 is 5.32 Å². The predicted octanol–water partition coefficient (Wildman–Crippen LogP) is 2.55. The predicted molar refractivity (Wildman–Crippen MR) is 69.7 cm³/mol. The number of carbonyl (C=O) groups is 1. The third kappa shape index (κ3) is 7.16. The zero-order chi connectivity index (χ0) is 12.3. The summed E-state index contributed by atoms with van der Waals surface area (Å²) in [6.07, 6.45) is 11.6. The summed E-state index contributed by atoms with van der Waals surface area (Å²) in [6.45, 7) is 1.05. The molecule has 98 valence electrons. The Morgan fingerprint density at radius 1 is 1.24 bits per heavy atom. The number of nitrogens with one attached hydrogen (secondary N) is 1. The van der Waals surface area contributed by atoms with Crippen LogP contribution in [0.3, 0.4) is 0 Å². The van der Waals surface area contributed by atoms with E-state index in [4.69, 9.17) is 5.11 Å². The Balaban J connectivity index is 1.99. The molecule has 0 bridgehead atoms. The van der Waals surface area contributed by atoms with Gasteiger partial charge in [-0.25, -0.2) is 0 Å². The van der Waals surface area contributed by atoms with Gasteiger partial charge in [0.2, 0.25) is 5.91 Å². The van der Waals surface area contributed by atoms with Crippen LogP contribution in [0.15, 0.2) is 11.6 Å². The largest absolute Gasteiger partial charge is 0.396 e. The Labute approximate surface area is 104 Å². The minimum Gasteiger partial charge on any atom is -0.396 e. The van der Waals surface area contributed by atoms with Crippen LogP contribution in [-0.2, 0) is 4.79 Å². The molecule has 0 atom stereocenters. The second-order valence-corrected chi connectivity index (χ2v) is 4.77. The third-order valence-electron chi connectivity index (χ3n) is 3.18. The van der Waals surface area contributed by atoms with Gasteiger partial charge in [-0.15, -0.1) is 0 Å². The van der Waals surface area contributed by atoms with Crippen LogP contribution in [0.5, 0.6) is 0 Å². The summed E-state index contributed by atoms with van der Waals surface area (Å²) in [7, 11) is 0. The zero-order valence-electron chi connectivity index (χ0n) is 10.7. The Morgan fingerprint density at radius 3 is 2.76 bits per heavy atom. The van der Waals surface area contributed by atoms with Crippen molar-refractivity contribution < 1.29 is 9.90 Å². The molecular formula is C14H25NO2. The van der Waals surface area contributed by atoms with Crippen LogP contribution in [-0.4, -0.2) is 24.2 Å². The average Bonchev–Trinajstić information content (AvgIpc) is 2.35. The summed E-state index contributed by atoms with van der Waals surface area (Å²) in [5, 5.41) is 11.6. The molecule has 0 spiro atoms. The van der Waals surface area contributed by atoms with Crippen LogP contribution in [0.1, 0.15) is 57.8 Å². The summed E-state index contributed by atoms with van der Waals surface area (Å²) in [5.41, 5.74) is 1.31. The van der Waals surface area contributed by atoms with E-state index in [1.165, 1.54) is 18.4 Å². The highest BCUT2D eigenvalue weighted by Gasteiger charge is 2.08. The number of aliphatic hydroxyl groups is 1. The van der Waals surface area contributed by atoms with Crippen LogP contribution >= 0.6 is 0 Å². The van der Waals surface area contributed by atoms with Crippen molar-refractivity contribution in [3.05, 3.63) is 11.6 Å². The average molecular weight is 239 g/mol. The third-order valence-corrected chi connectivity index (χ3v) is 3.18. The van der Waals surface area contributed by atoms with Crippen LogP contribution in [0, 0.1) is 0 Å². The number of hydrogen-bond donors (Lipinski definition) is 2. The summed E-state index contributed by atoms with van der Waals surface area (Å²) in [5.74, 6) is 0.167. The van der Waals surface area contributed by atoms with Gasteiger partial charge in [-0.2, -0.15) is 0 Å². The molecule has 0 unspecified atom stereocenters. The lowest BCUT2D eigenvalue weighted by atomic mass is 9.97. The summed E-state index contributed by atoms with van der Waals surface area (Å²) >= 11 is 0. The molecule has 1 aliphatic carbocycles. The van der Waals surface area contributed by atoms with Gasteiger partial charge in [-0.1, -0.05) is 24.5 Å². The maximum Gasteiger partial charge on any atom is 0.224 e. The number of unbranched alkanes of at least 4 members (excludes halogenated alkanes) is 3. The Hall–Kier alpha value is -0.830. The molecule has 17 heavy (non-hydrogen) atoms. The molecule has 0 heterocycles. The molecule has 2 N–H and O–H groups in total. The van der Waals surface area contributed by atoms with Crippen molar-refractivity contribution in [2.45, 2.75) is 57.8 Å². The molecule has 0 fully saturated rings. The van der Waals surface area contributed by atoms with Crippen LogP contribution in [0.25, 0.3) is 0 Å². The highest BCUT2D eigenvalue weighted by Crippen LogP contribution is 2.19. The van der Waals surface area contributed by atoms with Gasteiger partial charge >= 0.3 is 0 Å². The molecule has 0 aromatic carbocycles. The standard InChI is InChI=1S/C14H25NO2/c16-11-7-2-1-6-10-15-14(17)12-13-8-4-3-5-9-13/h8,16H,1-7,9-12H2,(H,15,17). The number of amides is 1. The van der Waals surface area contributed by atoms with Crippen molar-refractivity contribution in [1.82, 2.24) is 5.32 Å². The number of rotatable bonds is 8. The molecular weight excluding hydrogens is 214 g/mol. The molecule has 1 amide bonds. The molecule has 1 rings (SSSR count). The first-order chi connectivity index (χ1) is 8.33. The minimum atomic E-state index is 0.167. The van der Waals surface area contributed by atoms with Crippen molar-refractivity contribution in [2.24, 2.45) is 0 Å². The fraction of sp³-hybridized carbons (Fsp3) is 0.786. The molecule has 0 aliphatic heterocycles. The SMILES string of the molecule is O=C(CC1=CCCCC1)NCCCCCCO. The van der Waals surface area contributed by atoms with Gasteiger partial charge < -0.3 is 10.4 Å². The summed E-state index contributed by atoms with van der Waals surface area (Å²) < 4.78 is 0. The molecule has 0 saturated carbocycles. The van der Waals surface area contributed by atoms with Gasteiger partial charge in [-0.3, -0.25) is 4.79 Å². The normalized spacial score (nSPS) is 15.5. The fourth-order valence-electron chi connectivity index (χ4n) is 2.15. The van der Waals surface area contributed by atoms with Gasteiger partial charge in [0, 0.05) is 19.6 Å². The highest BCUT2D eigenvalue weighted by molar-refractivity contribution is 5.78. The molecule has 0 aromatic rings. The van der Waals surface area contributed by atoms with Crippen molar-refractivity contribution in [2.75, 3.05) is 13.2 Å². The molecule has 1 aliphatic rings. The smallest absolute Gasteiger partial charge is 0.224 e. The maximum atomic E-state index is 11.6. The molecule has 3 nitrogen and oxygen atoms in total. The minimum absolute atomic E-state index is 0.167. The van der Waals surface area contributed by atoms with E-state index in [1.807, 2.05) is 0 Å². The number of aliphatic hydroxyl groups excluding tert-OH is 1. The van der Waals surface area contributed by atoms with Gasteiger partial charge in [0.15, 0.2) is 0 Å². The molecule has 3 heteroatoms. The Morgan fingerprint density at radius 2 is 2.06 bits per heavy atom. The van der Waals surface area contributed by atoms with Crippen LogP contribution in [0.4, 0.5) is 0 Å². The Kier molecular flexibility index (Phi) is 7.72. The number of hydrogen-bond acceptors (Lipinski definition) is 2. The first kappa shape index (κ1) is 14.2. The Bertz CT molecular complexity index is 249. The van der Waals surface area contributed by atoms with Crippen molar-refractivity contribution in [3.63, 3.8) is 0 Å². The highest BCUT2D eigenvalue weighted by atomic mass is 16.2. The lowest BCUT2D eigenvalue weighted by Crippen LogP contribution is -2.24. The number of carbonyl (C=O) groups excluding carboxylic acids is 1. The second-order valence-electron chi connectivity index (χ2n) is 4.77. The van der Waals surface area contributed by atoms with E-state index in [9.17, 15) is 4.79 Å². The van der Waals surface area contributed by atoms with Crippen molar-refractivity contribution >= 4 is 5.91 Å². The van der Waals surface area contributed by atoms with E-state index < -0.39 is 0 Å². The van der Waals surface area contributed by atoms with Gasteiger partial charge in [0.05, 0.1) is 0 Å². The zero-order valence-corrected chi connectivity index (χ0v) is 10.7. The molecule has 0 saturated heterocycles. The van der Waals surface area contributed by atoms with Gasteiger partial charge in [0.25, 0.3) is 0 Å². The van der Waals surface area contributed by atoms with E-state index in [-0.39, 0.29) is 12.5 Å². The lowest BCUT2D eigenvalue weighted by Gasteiger charge is -2.12. The molecule has 0 radical (unpaired) electrons. The second kappa shape index (κ2) is 9.23. The maximum absolute atomic E-state index is 11.6. The number of allylic oxidation sites excluding steroid dienone is 1. The first-order valence-electron chi connectivity index (χ1n) is 6.88. The van der Waals surface area contributed by atoms with Crippen molar-refractivity contribution in [1.29, 1.82) is 0 Å². The van der Waals surface area contributed by atoms with Gasteiger partial charge in [-0.05, 0) is 38.5 Å². The fourth-order valence-corrected chi connectivity index (χ4v) is 2.15. The van der Waals surface area contributed by atoms with E-state index in [0.29, 0.717) is 6.42 Å². The summed E-state index contributed by atoms with van der Waals surface area (Å²) in [6, 6.07) is 0. The van der Waals surface area contributed by atoms with E-state index >= 15 is 0 Å². The monoisotopic (exact) mass is 239 g/mol. The van der Waals surface area contributed by atoms with E-state index in [0.717, 1.165) is 45.1 Å². The topological polar surface area (TPSA) is 49.3 Å². The van der Waals surface area contributed by atoms with Crippen LogP contribution in [0.2, 0.25) is 0 Å². The first-order valence-corrected chi connectivity index (χ1v) is 6.88. The van der Waals surface area contributed by atoms with E-state index in [1.54, 1.807) is 0 Å². The van der Waals surface area contributed by atoms with Crippen molar-refractivity contribution in [3.8, 4) is 0 Å². The van der Waals surface area contributed by atoms with Gasteiger partial charge in [0.1, 0.15) is 0 Å².